The fraction of sp³-hybridized carbons (Fsp3) is 0.258. The van der Waals surface area contributed by atoms with Crippen LogP contribution in [0.5, 0.6) is 5.75 Å². The first kappa shape index (κ1) is 24.0. The average molecular weight is 480 g/mol. The topological polar surface area (TPSA) is 44.8 Å². The Balaban J connectivity index is 1.28. The van der Waals surface area contributed by atoms with Crippen LogP contribution in [-0.2, 0) is 13.1 Å². The molecule has 1 saturated heterocycles. The van der Waals surface area contributed by atoms with Gasteiger partial charge in [-0.2, -0.15) is 0 Å². The van der Waals surface area contributed by atoms with Crippen molar-refractivity contribution in [2.24, 2.45) is 0 Å². The first-order chi connectivity index (χ1) is 17.6. The van der Waals surface area contributed by atoms with Gasteiger partial charge in [-0.05, 0) is 63.4 Å². The second-order valence-electron chi connectivity index (χ2n) is 9.47. The first-order valence-corrected chi connectivity index (χ1v) is 12.5. The fourth-order valence-corrected chi connectivity index (χ4v) is 4.90. The zero-order valence-corrected chi connectivity index (χ0v) is 21.0. The standard InChI is InChI=1S/C31H33N3O2/c1-33(31(35)26-9-7-24(8-10-26)25-11-13-29(36-2)14-12-25)22-28-5-3-4-27-20-23(6-15-30(27)28)21-34-18-16-32-17-19-34/h3-15,20,32H,16-19,21-22H2,1-2H3. The minimum atomic E-state index is 0.0172. The number of ether oxygens (including phenoxy) is 1. The van der Waals surface area contributed by atoms with Crippen LogP contribution >= 0.6 is 0 Å². The van der Waals surface area contributed by atoms with Crippen LogP contribution in [0.4, 0.5) is 0 Å². The number of rotatable bonds is 7. The van der Waals surface area contributed by atoms with Crippen molar-refractivity contribution in [2.45, 2.75) is 13.1 Å². The predicted octanol–water partition coefficient (Wildman–Crippen LogP) is 5.19. The third-order valence-corrected chi connectivity index (χ3v) is 6.96. The Labute approximate surface area is 213 Å². The van der Waals surface area contributed by atoms with Crippen LogP contribution in [0.15, 0.2) is 84.9 Å². The van der Waals surface area contributed by atoms with Crippen LogP contribution < -0.4 is 10.1 Å². The lowest BCUT2D eigenvalue weighted by Gasteiger charge is -2.27. The third-order valence-electron chi connectivity index (χ3n) is 6.96. The number of benzene rings is 4. The normalized spacial score (nSPS) is 14.1. The molecule has 0 aromatic heterocycles. The van der Waals surface area contributed by atoms with E-state index in [1.165, 1.54) is 16.3 Å². The Kier molecular flexibility index (Phi) is 7.31. The Bertz CT molecular complexity index is 1330. The number of hydrogen-bond donors (Lipinski definition) is 1. The van der Waals surface area contributed by atoms with E-state index in [2.05, 4.69) is 46.6 Å². The summed E-state index contributed by atoms with van der Waals surface area (Å²) in [7, 11) is 3.54. The molecule has 1 amide bonds. The second kappa shape index (κ2) is 10.9. The van der Waals surface area contributed by atoms with Crippen molar-refractivity contribution < 1.29 is 9.53 Å². The maximum Gasteiger partial charge on any atom is 0.253 e. The van der Waals surface area contributed by atoms with E-state index < -0.39 is 0 Å². The minimum Gasteiger partial charge on any atom is -0.497 e. The number of hydrogen-bond acceptors (Lipinski definition) is 4. The van der Waals surface area contributed by atoms with Crippen LogP contribution in [0.2, 0.25) is 0 Å². The monoisotopic (exact) mass is 479 g/mol. The zero-order chi connectivity index (χ0) is 24.9. The molecule has 0 unspecified atom stereocenters. The highest BCUT2D eigenvalue weighted by molar-refractivity contribution is 5.95. The van der Waals surface area contributed by atoms with Gasteiger partial charge in [0.25, 0.3) is 5.91 Å². The fourth-order valence-electron chi connectivity index (χ4n) is 4.90. The van der Waals surface area contributed by atoms with Gasteiger partial charge >= 0.3 is 0 Å². The first-order valence-electron chi connectivity index (χ1n) is 12.5. The molecule has 1 N–H and O–H groups in total. The van der Waals surface area contributed by atoms with Crippen molar-refractivity contribution in [1.29, 1.82) is 0 Å². The minimum absolute atomic E-state index is 0.0172. The molecule has 0 aliphatic carbocycles. The number of methoxy groups -OCH3 is 1. The van der Waals surface area contributed by atoms with E-state index in [1.807, 2.05) is 55.6 Å². The van der Waals surface area contributed by atoms with E-state index in [4.69, 9.17) is 4.74 Å². The van der Waals surface area contributed by atoms with Gasteiger partial charge in [0.2, 0.25) is 0 Å². The van der Waals surface area contributed by atoms with Crippen LogP contribution in [0.3, 0.4) is 0 Å². The van der Waals surface area contributed by atoms with E-state index in [0.717, 1.165) is 55.2 Å². The molecule has 184 valence electrons. The van der Waals surface area contributed by atoms with Crippen molar-refractivity contribution in [3.63, 3.8) is 0 Å². The molecule has 4 aromatic carbocycles. The summed E-state index contributed by atoms with van der Waals surface area (Å²) < 4.78 is 5.24. The van der Waals surface area contributed by atoms with Crippen LogP contribution in [-0.4, -0.2) is 56.0 Å². The predicted molar refractivity (Wildman–Crippen MR) is 146 cm³/mol. The van der Waals surface area contributed by atoms with Gasteiger partial charge in [0.15, 0.2) is 0 Å². The van der Waals surface area contributed by atoms with Gasteiger partial charge < -0.3 is 15.0 Å². The Hall–Kier alpha value is -3.67. The highest BCUT2D eigenvalue weighted by Crippen LogP contribution is 2.25. The summed E-state index contributed by atoms with van der Waals surface area (Å²) in [6.45, 7) is 5.84. The Morgan fingerprint density at radius 3 is 2.31 bits per heavy atom. The Morgan fingerprint density at radius 1 is 0.917 bits per heavy atom. The molecule has 36 heavy (non-hydrogen) atoms. The smallest absolute Gasteiger partial charge is 0.253 e. The van der Waals surface area contributed by atoms with E-state index in [-0.39, 0.29) is 5.91 Å². The highest BCUT2D eigenvalue weighted by atomic mass is 16.5. The summed E-state index contributed by atoms with van der Waals surface area (Å²) in [5.74, 6) is 0.847. The van der Waals surface area contributed by atoms with E-state index in [9.17, 15) is 4.79 Å². The number of nitrogens with one attached hydrogen (secondary N) is 1. The summed E-state index contributed by atoms with van der Waals surface area (Å²) in [5.41, 5.74) is 5.35. The second-order valence-corrected chi connectivity index (χ2v) is 9.47. The summed E-state index contributed by atoms with van der Waals surface area (Å²) >= 11 is 0. The third kappa shape index (κ3) is 5.43. The molecule has 5 rings (SSSR count). The van der Waals surface area contributed by atoms with E-state index >= 15 is 0 Å². The average Bonchev–Trinajstić information content (AvgIpc) is 2.93. The highest BCUT2D eigenvalue weighted by Gasteiger charge is 2.15. The summed E-state index contributed by atoms with van der Waals surface area (Å²) in [4.78, 5) is 17.5. The lowest BCUT2D eigenvalue weighted by atomic mass is 10.0. The molecule has 1 aliphatic rings. The molecule has 4 aromatic rings. The molecule has 1 aliphatic heterocycles. The molecule has 0 bridgehead atoms. The van der Waals surface area contributed by atoms with Crippen molar-refractivity contribution in [3.05, 3.63) is 102 Å². The molecule has 0 radical (unpaired) electrons. The SMILES string of the molecule is COc1ccc(-c2ccc(C(=O)N(C)Cc3cccc4cc(CN5CCNCC5)ccc34)cc2)cc1. The van der Waals surface area contributed by atoms with Crippen molar-refractivity contribution in [1.82, 2.24) is 15.1 Å². The van der Waals surface area contributed by atoms with Crippen molar-refractivity contribution >= 4 is 16.7 Å². The van der Waals surface area contributed by atoms with Gasteiger partial charge in [-0.25, -0.2) is 0 Å². The lowest BCUT2D eigenvalue weighted by Crippen LogP contribution is -2.42. The lowest BCUT2D eigenvalue weighted by molar-refractivity contribution is 0.0785. The van der Waals surface area contributed by atoms with Crippen molar-refractivity contribution in [2.75, 3.05) is 40.3 Å². The number of carbonyl (C=O) groups is 1. The van der Waals surface area contributed by atoms with E-state index in [0.29, 0.717) is 12.1 Å². The molecule has 5 heteroatoms. The quantitative estimate of drug-likeness (QED) is 0.396. The molecule has 1 fully saturated rings. The molecule has 0 saturated carbocycles. The molecule has 1 heterocycles. The van der Waals surface area contributed by atoms with Gasteiger partial charge in [0.05, 0.1) is 7.11 Å². The molecular weight excluding hydrogens is 446 g/mol. The number of piperazine rings is 1. The molecule has 0 atom stereocenters. The van der Waals surface area contributed by atoms with Gasteiger partial charge in [-0.1, -0.05) is 54.6 Å². The molecule has 5 nitrogen and oxygen atoms in total. The van der Waals surface area contributed by atoms with Crippen LogP contribution in [0, 0.1) is 0 Å². The van der Waals surface area contributed by atoms with E-state index in [1.54, 1.807) is 12.0 Å². The number of fused-ring (bicyclic) bond motifs is 1. The van der Waals surface area contributed by atoms with Gasteiger partial charge in [0, 0.05) is 51.9 Å². The maximum absolute atomic E-state index is 13.2. The van der Waals surface area contributed by atoms with Gasteiger partial charge in [-0.15, -0.1) is 0 Å². The summed E-state index contributed by atoms with van der Waals surface area (Å²) in [5, 5.41) is 5.84. The summed E-state index contributed by atoms with van der Waals surface area (Å²) in [6.07, 6.45) is 0. The number of nitrogens with zero attached hydrogens (tertiary/aromatic N) is 2. The number of carbonyl (C=O) groups excluding carboxylic acids is 1. The van der Waals surface area contributed by atoms with Crippen LogP contribution in [0.1, 0.15) is 21.5 Å². The largest absolute Gasteiger partial charge is 0.497 e. The van der Waals surface area contributed by atoms with Gasteiger partial charge in [0.1, 0.15) is 5.75 Å². The molecule has 0 spiro atoms. The maximum atomic E-state index is 13.2. The van der Waals surface area contributed by atoms with Gasteiger partial charge in [-0.3, -0.25) is 9.69 Å². The summed E-state index contributed by atoms with van der Waals surface area (Å²) in [6, 6.07) is 28.9. The number of amides is 1. The Morgan fingerprint density at radius 2 is 1.61 bits per heavy atom. The van der Waals surface area contributed by atoms with Crippen molar-refractivity contribution in [3.8, 4) is 16.9 Å². The zero-order valence-electron chi connectivity index (χ0n) is 21.0. The molecular formula is C31H33N3O2. The van der Waals surface area contributed by atoms with Crippen LogP contribution in [0.25, 0.3) is 21.9 Å².